The Morgan fingerprint density at radius 1 is 1.22 bits per heavy atom. The zero-order valence-corrected chi connectivity index (χ0v) is 9.82. The summed E-state index contributed by atoms with van der Waals surface area (Å²) in [6.07, 6.45) is 0. The van der Waals surface area contributed by atoms with Gasteiger partial charge in [0.25, 0.3) is 0 Å². The van der Waals surface area contributed by atoms with Crippen molar-refractivity contribution >= 4 is 23.3 Å². The fourth-order valence-corrected chi connectivity index (χ4v) is 1.15. The van der Waals surface area contributed by atoms with Crippen LogP contribution in [0.2, 0.25) is 5.02 Å². The van der Waals surface area contributed by atoms with Gasteiger partial charge in [0.2, 0.25) is 0 Å². The predicted molar refractivity (Wildman–Crippen MR) is 66.0 cm³/mol. The van der Waals surface area contributed by atoms with Gasteiger partial charge >= 0.3 is 6.03 Å². The molecule has 1 aromatic carbocycles. The van der Waals surface area contributed by atoms with Gasteiger partial charge in [0.15, 0.2) is 5.70 Å². The highest BCUT2D eigenvalue weighted by Gasteiger charge is 2.07. The van der Waals surface area contributed by atoms with Crippen molar-refractivity contribution in [1.82, 2.24) is 5.32 Å². The van der Waals surface area contributed by atoms with Gasteiger partial charge in [-0.2, -0.15) is 10.5 Å². The van der Waals surface area contributed by atoms with Crippen LogP contribution in [0.4, 0.5) is 10.5 Å². The number of hydrogen-bond donors (Lipinski definition) is 3. The first-order chi connectivity index (χ1) is 8.56. The predicted octanol–water partition coefficient (Wildman–Crippen LogP) is 1.68. The molecule has 0 saturated heterocycles. The summed E-state index contributed by atoms with van der Waals surface area (Å²) < 4.78 is 0. The van der Waals surface area contributed by atoms with E-state index in [1.807, 2.05) is 0 Å². The molecule has 0 aliphatic rings. The lowest BCUT2D eigenvalue weighted by molar-refractivity contribution is 0.254. The van der Waals surface area contributed by atoms with Crippen LogP contribution in [0.1, 0.15) is 0 Å². The Morgan fingerprint density at radius 3 is 2.33 bits per heavy atom. The highest BCUT2D eigenvalue weighted by Crippen LogP contribution is 2.13. The number of nitrogens with zero attached hydrogens (tertiary/aromatic N) is 2. The molecular formula is C11H8ClN5O. The lowest BCUT2D eigenvalue weighted by atomic mass is 10.3. The number of carbonyl (C=O) groups excluding carboxylic acids is 1. The lowest BCUT2D eigenvalue weighted by Crippen LogP contribution is -2.29. The largest absolute Gasteiger partial charge is 0.388 e. The number of carbonyl (C=O) groups is 1. The summed E-state index contributed by atoms with van der Waals surface area (Å²) >= 11 is 5.68. The number of hydrogen-bond acceptors (Lipinski definition) is 4. The van der Waals surface area contributed by atoms with Crippen LogP contribution >= 0.6 is 11.6 Å². The number of urea groups is 1. The number of amides is 2. The zero-order valence-electron chi connectivity index (χ0n) is 9.07. The van der Waals surface area contributed by atoms with Crippen LogP contribution in [-0.2, 0) is 0 Å². The van der Waals surface area contributed by atoms with E-state index in [0.717, 1.165) is 0 Å². The molecule has 0 saturated carbocycles. The number of rotatable bonds is 2. The average Bonchev–Trinajstić information content (AvgIpc) is 2.37. The second kappa shape index (κ2) is 6.14. The summed E-state index contributed by atoms with van der Waals surface area (Å²) in [4.78, 5) is 11.5. The number of nitrogens with one attached hydrogen (secondary N) is 2. The van der Waals surface area contributed by atoms with Gasteiger partial charge in [-0.1, -0.05) is 11.6 Å². The third kappa shape index (κ3) is 3.71. The Hall–Kier alpha value is -2.70. The monoisotopic (exact) mass is 261 g/mol. The molecule has 0 aromatic heterocycles. The second-order valence-electron chi connectivity index (χ2n) is 3.10. The maximum atomic E-state index is 11.5. The molecule has 0 fully saturated rings. The highest BCUT2D eigenvalue weighted by atomic mass is 35.5. The van der Waals surface area contributed by atoms with E-state index in [0.29, 0.717) is 10.7 Å². The first-order valence-corrected chi connectivity index (χ1v) is 5.08. The molecule has 0 atom stereocenters. The van der Waals surface area contributed by atoms with E-state index in [2.05, 4.69) is 10.6 Å². The third-order valence-corrected chi connectivity index (χ3v) is 2.09. The molecule has 90 valence electrons. The molecule has 0 radical (unpaired) electrons. The van der Waals surface area contributed by atoms with E-state index in [4.69, 9.17) is 27.9 Å². The van der Waals surface area contributed by atoms with E-state index in [1.165, 1.54) is 0 Å². The van der Waals surface area contributed by atoms with Crippen LogP contribution in [0.5, 0.6) is 0 Å². The lowest BCUT2D eigenvalue weighted by Gasteiger charge is -2.06. The molecule has 7 heteroatoms. The van der Waals surface area contributed by atoms with Gasteiger partial charge in [-0.15, -0.1) is 0 Å². The van der Waals surface area contributed by atoms with E-state index in [-0.39, 0.29) is 11.4 Å². The average molecular weight is 262 g/mol. The summed E-state index contributed by atoms with van der Waals surface area (Å²) in [7, 11) is 0. The van der Waals surface area contributed by atoms with Crippen molar-refractivity contribution in [3.8, 4) is 12.1 Å². The normalized spacial score (nSPS) is 10.6. The molecule has 6 nitrogen and oxygen atoms in total. The summed E-state index contributed by atoms with van der Waals surface area (Å²) in [5.41, 5.74) is 5.06. The minimum Gasteiger partial charge on any atom is -0.388 e. The summed E-state index contributed by atoms with van der Waals surface area (Å²) in [6.45, 7) is 0. The number of halogens is 1. The van der Waals surface area contributed by atoms with Gasteiger partial charge in [0.05, 0.1) is 0 Å². The van der Waals surface area contributed by atoms with Crippen molar-refractivity contribution in [3.63, 3.8) is 0 Å². The molecule has 0 unspecified atom stereocenters. The maximum absolute atomic E-state index is 11.5. The molecule has 0 bridgehead atoms. The van der Waals surface area contributed by atoms with Crippen LogP contribution in [0.25, 0.3) is 0 Å². The molecule has 0 aliphatic carbocycles. The summed E-state index contributed by atoms with van der Waals surface area (Å²) in [5, 5.41) is 22.3. The Bertz CT molecular complexity index is 565. The number of benzene rings is 1. The van der Waals surface area contributed by atoms with Crippen molar-refractivity contribution in [1.29, 1.82) is 10.5 Å². The van der Waals surface area contributed by atoms with E-state index >= 15 is 0 Å². The minimum absolute atomic E-state index is 0.302. The molecule has 4 N–H and O–H groups in total. The van der Waals surface area contributed by atoms with Crippen LogP contribution in [0.15, 0.2) is 35.7 Å². The van der Waals surface area contributed by atoms with Crippen LogP contribution in [0.3, 0.4) is 0 Å². The van der Waals surface area contributed by atoms with Crippen molar-refractivity contribution in [3.05, 3.63) is 40.7 Å². The molecular weight excluding hydrogens is 254 g/mol. The van der Waals surface area contributed by atoms with Crippen molar-refractivity contribution in [2.75, 3.05) is 5.32 Å². The molecule has 18 heavy (non-hydrogen) atoms. The quantitative estimate of drug-likeness (QED) is 0.703. The van der Waals surface area contributed by atoms with Gasteiger partial charge in [-0.3, -0.25) is 5.32 Å². The van der Waals surface area contributed by atoms with E-state index in [1.54, 1.807) is 36.4 Å². The second-order valence-corrected chi connectivity index (χ2v) is 3.53. The molecule has 1 rings (SSSR count). The Balaban J connectivity index is 2.71. The van der Waals surface area contributed by atoms with Crippen molar-refractivity contribution < 1.29 is 4.79 Å². The first kappa shape index (κ1) is 13.4. The fraction of sp³-hybridized carbons (Fsp3) is 0. The van der Waals surface area contributed by atoms with E-state index in [9.17, 15) is 4.79 Å². The zero-order chi connectivity index (χ0) is 13.5. The topological polar surface area (TPSA) is 115 Å². The SMILES string of the molecule is N#C/C(N)=C(/C#N)NC(=O)Nc1ccc(Cl)cc1. The van der Waals surface area contributed by atoms with Crippen molar-refractivity contribution in [2.45, 2.75) is 0 Å². The Labute approximate surface area is 108 Å². The van der Waals surface area contributed by atoms with Gasteiger partial charge in [-0.05, 0) is 24.3 Å². The van der Waals surface area contributed by atoms with Crippen LogP contribution < -0.4 is 16.4 Å². The summed E-state index contributed by atoms with van der Waals surface area (Å²) in [5.74, 6) is 0. The fourth-order valence-electron chi connectivity index (χ4n) is 1.02. The van der Waals surface area contributed by atoms with Crippen molar-refractivity contribution in [2.24, 2.45) is 5.73 Å². The third-order valence-electron chi connectivity index (χ3n) is 1.84. The molecule has 2 amide bonds. The van der Waals surface area contributed by atoms with Gasteiger partial charge in [0, 0.05) is 10.7 Å². The molecule has 0 spiro atoms. The smallest absolute Gasteiger partial charge is 0.324 e. The maximum Gasteiger partial charge on any atom is 0.324 e. The van der Waals surface area contributed by atoms with E-state index < -0.39 is 6.03 Å². The highest BCUT2D eigenvalue weighted by molar-refractivity contribution is 6.30. The Kier molecular flexibility index (Phi) is 4.56. The molecule has 0 aliphatic heterocycles. The molecule has 1 aromatic rings. The number of nitriles is 2. The number of allylic oxidation sites excluding steroid dienone is 2. The minimum atomic E-state index is -0.674. The first-order valence-electron chi connectivity index (χ1n) is 4.70. The number of anilines is 1. The van der Waals surface area contributed by atoms with Crippen LogP contribution in [0, 0.1) is 22.7 Å². The summed E-state index contributed by atoms with van der Waals surface area (Å²) in [6, 6.07) is 8.89. The van der Waals surface area contributed by atoms with Gasteiger partial charge in [0.1, 0.15) is 17.8 Å². The number of nitrogens with two attached hydrogens (primary N) is 1. The van der Waals surface area contributed by atoms with Gasteiger partial charge in [-0.25, -0.2) is 4.79 Å². The van der Waals surface area contributed by atoms with Crippen LogP contribution in [-0.4, -0.2) is 6.03 Å². The van der Waals surface area contributed by atoms with Gasteiger partial charge < -0.3 is 11.1 Å². The standard InChI is InChI=1S/C11H8ClN5O/c12-7-1-3-8(4-2-7)16-11(18)17-10(6-14)9(15)5-13/h1-4H,15H2,(H2,16,17,18)/b10-9+. The Morgan fingerprint density at radius 2 is 1.83 bits per heavy atom. The molecule has 0 heterocycles.